The third-order valence-electron chi connectivity index (χ3n) is 6.27. The second kappa shape index (κ2) is 9.32. The molecule has 1 atom stereocenters. The largest absolute Gasteiger partial charge is 0.316 e. The minimum Gasteiger partial charge on any atom is -0.316 e. The van der Waals surface area contributed by atoms with Crippen molar-refractivity contribution in [3.63, 3.8) is 0 Å². The van der Waals surface area contributed by atoms with Crippen LogP contribution in [0.1, 0.15) is 54.6 Å². The Morgan fingerprint density at radius 3 is 2.67 bits per heavy atom. The number of anilines is 1. The monoisotopic (exact) mass is 479 g/mol. The fraction of sp³-hybridized carbons (Fsp3) is 0.440. The number of rotatable bonds is 5. The lowest BCUT2D eigenvalue weighted by Gasteiger charge is -2.33. The molecule has 8 heteroatoms. The lowest BCUT2D eigenvalue weighted by Crippen LogP contribution is -2.26. The van der Waals surface area contributed by atoms with E-state index in [0.717, 1.165) is 36.3 Å². The van der Waals surface area contributed by atoms with Gasteiger partial charge in [-0.3, -0.25) is 9.36 Å². The van der Waals surface area contributed by atoms with Crippen LogP contribution in [0.3, 0.4) is 0 Å². The first-order valence-corrected chi connectivity index (χ1v) is 12.9. The van der Waals surface area contributed by atoms with Gasteiger partial charge in [0.25, 0.3) is 0 Å². The summed E-state index contributed by atoms with van der Waals surface area (Å²) in [5.74, 6) is 1.42. The van der Waals surface area contributed by atoms with E-state index < -0.39 is 0 Å². The van der Waals surface area contributed by atoms with Crippen LogP contribution in [-0.2, 0) is 17.6 Å². The van der Waals surface area contributed by atoms with Crippen LogP contribution in [0.2, 0.25) is 0 Å². The van der Waals surface area contributed by atoms with E-state index in [1.54, 1.807) is 11.3 Å². The lowest BCUT2D eigenvalue weighted by atomic mass is 9.72. The average Bonchev–Trinajstić information content (AvgIpc) is 3.31. The standard InChI is InChI=1S/C25H29N5OS2/c1-15-6-9-18(10-7-15)30-16(2)28-29-24(30)32-14-22(31)27-23-20(13-26)19-11-8-17(25(3,4)5)12-21(19)33-23/h6-7,9-10,17H,8,11-12,14H2,1-5H3,(H,27,31). The van der Waals surface area contributed by atoms with E-state index in [4.69, 9.17) is 0 Å². The van der Waals surface area contributed by atoms with Gasteiger partial charge >= 0.3 is 0 Å². The molecule has 4 rings (SSSR count). The molecule has 0 saturated carbocycles. The molecular weight excluding hydrogens is 450 g/mol. The number of hydrogen-bond acceptors (Lipinski definition) is 6. The Labute approximate surface area is 203 Å². The van der Waals surface area contributed by atoms with Crippen molar-refractivity contribution in [2.75, 3.05) is 11.1 Å². The molecule has 1 N–H and O–H groups in total. The predicted molar refractivity (Wildman–Crippen MR) is 134 cm³/mol. The molecule has 0 aliphatic heterocycles. The van der Waals surface area contributed by atoms with E-state index in [2.05, 4.69) is 42.4 Å². The van der Waals surface area contributed by atoms with E-state index in [1.807, 2.05) is 42.7 Å². The van der Waals surface area contributed by atoms with Crippen LogP contribution in [0.5, 0.6) is 0 Å². The van der Waals surface area contributed by atoms with Gasteiger partial charge in [0.1, 0.15) is 16.9 Å². The summed E-state index contributed by atoms with van der Waals surface area (Å²) in [4.78, 5) is 14.0. The van der Waals surface area contributed by atoms with Crippen LogP contribution in [-0.4, -0.2) is 26.4 Å². The molecule has 3 aromatic rings. The second-order valence-corrected chi connectivity index (χ2v) is 11.7. The molecule has 6 nitrogen and oxygen atoms in total. The second-order valence-electron chi connectivity index (χ2n) is 9.66. The highest BCUT2D eigenvalue weighted by molar-refractivity contribution is 7.99. The van der Waals surface area contributed by atoms with Crippen molar-refractivity contribution in [2.24, 2.45) is 11.3 Å². The maximum absolute atomic E-state index is 12.8. The van der Waals surface area contributed by atoms with Crippen LogP contribution in [0.15, 0.2) is 29.4 Å². The summed E-state index contributed by atoms with van der Waals surface area (Å²) in [6.45, 7) is 10.8. The Kier molecular flexibility index (Phi) is 6.64. The number of carbonyl (C=O) groups excluding carboxylic acids is 1. The van der Waals surface area contributed by atoms with Gasteiger partial charge in [-0.05, 0) is 62.1 Å². The zero-order valence-electron chi connectivity index (χ0n) is 19.7. The SMILES string of the molecule is Cc1ccc(-n2c(C)nnc2SCC(=O)Nc2sc3c(c2C#N)CCC(C(C)(C)C)C3)cc1. The summed E-state index contributed by atoms with van der Waals surface area (Å²) < 4.78 is 1.95. The van der Waals surface area contributed by atoms with Crippen molar-refractivity contribution in [1.82, 2.24) is 14.8 Å². The Hall–Kier alpha value is -2.63. The third-order valence-corrected chi connectivity index (χ3v) is 8.37. The highest BCUT2D eigenvalue weighted by atomic mass is 32.2. The lowest BCUT2D eigenvalue weighted by molar-refractivity contribution is -0.113. The van der Waals surface area contributed by atoms with Crippen molar-refractivity contribution < 1.29 is 4.79 Å². The molecule has 0 fully saturated rings. The molecule has 0 radical (unpaired) electrons. The number of thioether (sulfide) groups is 1. The maximum atomic E-state index is 12.8. The number of fused-ring (bicyclic) bond motifs is 1. The highest BCUT2D eigenvalue weighted by Crippen LogP contribution is 2.44. The molecule has 1 aliphatic rings. The quantitative estimate of drug-likeness (QED) is 0.475. The highest BCUT2D eigenvalue weighted by Gasteiger charge is 2.32. The number of hydrogen-bond donors (Lipinski definition) is 1. The number of nitriles is 1. The molecule has 0 spiro atoms. The molecule has 2 heterocycles. The number of benzene rings is 1. The van der Waals surface area contributed by atoms with E-state index >= 15 is 0 Å². The van der Waals surface area contributed by atoms with E-state index in [-0.39, 0.29) is 17.1 Å². The topological polar surface area (TPSA) is 83.6 Å². The fourth-order valence-corrected chi connectivity index (χ4v) is 6.34. The van der Waals surface area contributed by atoms with Gasteiger partial charge in [-0.1, -0.05) is 50.2 Å². The number of thiophene rings is 1. The van der Waals surface area contributed by atoms with E-state index in [0.29, 0.717) is 21.6 Å². The molecule has 172 valence electrons. The molecule has 1 aliphatic carbocycles. The Morgan fingerprint density at radius 2 is 2.00 bits per heavy atom. The van der Waals surface area contributed by atoms with E-state index in [9.17, 15) is 10.1 Å². The number of nitrogens with zero attached hydrogens (tertiary/aromatic N) is 4. The van der Waals surface area contributed by atoms with Crippen molar-refractivity contribution in [3.05, 3.63) is 51.7 Å². The van der Waals surface area contributed by atoms with E-state index in [1.165, 1.54) is 22.2 Å². The molecule has 0 saturated heterocycles. The maximum Gasteiger partial charge on any atom is 0.235 e. The van der Waals surface area contributed by atoms with Crippen LogP contribution >= 0.6 is 23.1 Å². The average molecular weight is 480 g/mol. The van der Waals surface area contributed by atoms with Gasteiger partial charge < -0.3 is 5.32 Å². The number of nitrogens with one attached hydrogen (secondary N) is 1. The summed E-state index contributed by atoms with van der Waals surface area (Å²) in [5, 5.41) is 22.6. The summed E-state index contributed by atoms with van der Waals surface area (Å²) >= 11 is 2.91. The molecule has 1 amide bonds. The summed E-state index contributed by atoms with van der Waals surface area (Å²) in [6, 6.07) is 10.5. The first-order chi connectivity index (χ1) is 15.7. The van der Waals surface area contributed by atoms with Crippen LogP contribution in [0.25, 0.3) is 5.69 Å². The van der Waals surface area contributed by atoms with Crippen molar-refractivity contribution in [2.45, 2.75) is 59.0 Å². The Bertz CT molecular complexity index is 1210. The minimum absolute atomic E-state index is 0.140. The summed E-state index contributed by atoms with van der Waals surface area (Å²) in [7, 11) is 0. The summed E-state index contributed by atoms with van der Waals surface area (Å²) in [6.07, 6.45) is 2.96. The van der Waals surface area contributed by atoms with Crippen molar-refractivity contribution >= 4 is 34.0 Å². The normalized spacial score (nSPS) is 15.7. The number of aryl methyl sites for hydroxylation is 2. The van der Waals surface area contributed by atoms with Gasteiger partial charge in [0.2, 0.25) is 5.91 Å². The predicted octanol–water partition coefficient (Wildman–Crippen LogP) is 5.70. The zero-order chi connectivity index (χ0) is 23.8. The third kappa shape index (κ3) is 4.99. The van der Waals surface area contributed by atoms with Gasteiger partial charge in [0, 0.05) is 10.6 Å². The zero-order valence-corrected chi connectivity index (χ0v) is 21.4. The number of aromatic nitrogens is 3. The molecule has 2 aromatic heterocycles. The Morgan fingerprint density at radius 1 is 1.27 bits per heavy atom. The number of amides is 1. The molecule has 33 heavy (non-hydrogen) atoms. The van der Waals surface area contributed by atoms with Gasteiger partial charge in [0.05, 0.1) is 11.3 Å². The fourth-order valence-electron chi connectivity index (χ4n) is 4.25. The van der Waals surface area contributed by atoms with Gasteiger partial charge in [-0.2, -0.15) is 5.26 Å². The smallest absolute Gasteiger partial charge is 0.235 e. The van der Waals surface area contributed by atoms with Crippen LogP contribution in [0.4, 0.5) is 5.00 Å². The molecule has 0 bridgehead atoms. The Balaban J connectivity index is 1.46. The number of carbonyl (C=O) groups is 1. The van der Waals surface area contributed by atoms with Crippen LogP contribution < -0.4 is 5.32 Å². The van der Waals surface area contributed by atoms with Gasteiger partial charge in [0.15, 0.2) is 5.16 Å². The van der Waals surface area contributed by atoms with Gasteiger partial charge in [-0.25, -0.2) is 0 Å². The van der Waals surface area contributed by atoms with Crippen molar-refractivity contribution in [1.29, 1.82) is 5.26 Å². The first kappa shape index (κ1) is 23.5. The van der Waals surface area contributed by atoms with Crippen molar-refractivity contribution in [3.8, 4) is 11.8 Å². The van der Waals surface area contributed by atoms with Gasteiger partial charge in [-0.15, -0.1) is 21.5 Å². The summed E-state index contributed by atoms with van der Waals surface area (Å²) in [5.41, 5.74) is 4.15. The minimum atomic E-state index is -0.140. The van der Waals surface area contributed by atoms with Crippen LogP contribution in [0, 0.1) is 36.5 Å². The molecule has 1 aromatic carbocycles. The molecular formula is C25H29N5OS2. The first-order valence-electron chi connectivity index (χ1n) is 11.1. The molecule has 1 unspecified atom stereocenters.